The second-order valence-corrected chi connectivity index (χ2v) is 7.73. The number of carbonyl (C=O) groups excluding carboxylic acids is 1. The molecule has 2 aromatic rings. The van der Waals surface area contributed by atoms with Crippen LogP contribution in [0.1, 0.15) is 17.2 Å². The van der Waals surface area contributed by atoms with Crippen molar-refractivity contribution in [3.8, 4) is 0 Å². The normalized spacial score (nSPS) is 18.1. The molecule has 1 N–H and O–H groups in total. The molecule has 3 rings (SSSR count). The van der Waals surface area contributed by atoms with Crippen LogP contribution in [0.2, 0.25) is 5.02 Å². The molecule has 0 spiro atoms. The van der Waals surface area contributed by atoms with Crippen LogP contribution in [0, 0.1) is 0 Å². The first-order valence-corrected chi connectivity index (χ1v) is 9.65. The van der Waals surface area contributed by atoms with Crippen molar-refractivity contribution < 1.29 is 22.7 Å². The highest BCUT2D eigenvalue weighted by Gasteiger charge is 2.34. The number of alkyl halides is 3. The molecule has 1 heterocycles. The smallest absolute Gasteiger partial charge is 0.371 e. The van der Waals surface area contributed by atoms with Gasteiger partial charge in [-0.15, -0.1) is 0 Å². The lowest BCUT2D eigenvalue weighted by atomic mass is 10.1. The van der Waals surface area contributed by atoms with Crippen molar-refractivity contribution in [2.24, 2.45) is 0 Å². The van der Waals surface area contributed by atoms with Crippen LogP contribution >= 0.6 is 27.5 Å². The maximum atomic E-state index is 13.2. The Labute approximate surface area is 173 Å². The van der Waals surface area contributed by atoms with Crippen molar-refractivity contribution in [3.05, 3.63) is 63.1 Å². The highest BCUT2D eigenvalue weighted by Crippen LogP contribution is 2.36. The van der Waals surface area contributed by atoms with E-state index in [0.29, 0.717) is 19.7 Å². The summed E-state index contributed by atoms with van der Waals surface area (Å²) in [4.78, 5) is 14.2. The van der Waals surface area contributed by atoms with Crippen LogP contribution in [0.25, 0.3) is 0 Å². The average Bonchev–Trinajstić information content (AvgIpc) is 2.63. The van der Waals surface area contributed by atoms with Gasteiger partial charge in [0.2, 0.25) is 5.91 Å². The van der Waals surface area contributed by atoms with Gasteiger partial charge < -0.3 is 10.1 Å². The lowest BCUT2D eigenvalue weighted by molar-refractivity contribution is -0.137. The number of nitrogens with zero attached hydrogens (tertiary/aromatic N) is 1. The van der Waals surface area contributed by atoms with Crippen LogP contribution in [-0.4, -0.2) is 37.0 Å². The van der Waals surface area contributed by atoms with Crippen LogP contribution in [0.5, 0.6) is 0 Å². The standard InChI is InChI=1S/C19H17BrClF3N2O2/c20-13-3-1-12(2-4-13)17-10-26(7-8-28-17)11-18(27)25-16-6-5-14(21)9-15(16)19(22,23)24/h1-6,9,17H,7-8,10-11H2,(H,25,27). The van der Waals surface area contributed by atoms with E-state index in [1.165, 1.54) is 6.07 Å². The van der Waals surface area contributed by atoms with Crippen LogP contribution in [0.15, 0.2) is 46.9 Å². The Kier molecular flexibility index (Phi) is 6.65. The van der Waals surface area contributed by atoms with Gasteiger partial charge in [-0.1, -0.05) is 39.7 Å². The SMILES string of the molecule is O=C(CN1CCOC(c2ccc(Br)cc2)C1)Nc1ccc(Cl)cc1C(F)(F)F. The molecule has 0 aromatic heterocycles. The molecule has 1 amide bonds. The van der Waals surface area contributed by atoms with Gasteiger partial charge in [0.05, 0.1) is 30.5 Å². The Morgan fingerprint density at radius 3 is 2.64 bits per heavy atom. The summed E-state index contributed by atoms with van der Waals surface area (Å²) in [6, 6.07) is 10.9. The number of nitrogens with one attached hydrogen (secondary N) is 1. The third-order valence-corrected chi connectivity index (χ3v) is 5.08. The van der Waals surface area contributed by atoms with Crippen molar-refractivity contribution in [3.63, 3.8) is 0 Å². The van der Waals surface area contributed by atoms with Gasteiger partial charge in [-0.2, -0.15) is 13.2 Å². The van der Waals surface area contributed by atoms with Gasteiger partial charge in [0.25, 0.3) is 0 Å². The van der Waals surface area contributed by atoms with Gasteiger partial charge in [0.1, 0.15) is 0 Å². The molecule has 1 unspecified atom stereocenters. The Bertz CT molecular complexity index is 846. The van der Waals surface area contributed by atoms with E-state index in [2.05, 4.69) is 21.2 Å². The number of ether oxygens (including phenoxy) is 1. The number of morpholine rings is 1. The van der Waals surface area contributed by atoms with Gasteiger partial charge in [-0.05, 0) is 35.9 Å². The van der Waals surface area contributed by atoms with E-state index in [-0.39, 0.29) is 23.4 Å². The van der Waals surface area contributed by atoms with E-state index in [0.717, 1.165) is 22.2 Å². The fourth-order valence-electron chi connectivity index (χ4n) is 2.98. The molecule has 0 saturated carbocycles. The van der Waals surface area contributed by atoms with Crippen molar-refractivity contribution in [1.29, 1.82) is 0 Å². The largest absolute Gasteiger partial charge is 0.418 e. The van der Waals surface area contributed by atoms with E-state index < -0.39 is 17.6 Å². The first-order valence-electron chi connectivity index (χ1n) is 8.48. The average molecular weight is 478 g/mol. The number of amides is 1. The summed E-state index contributed by atoms with van der Waals surface area (Å²) in [5.74, 6) is -0.524. The van der Waals surface area contributed by atoms with Gasteiger partial charge in [-0.25, -0.2) is 0 Å². The Hall–Kier alpha value is -1.61. The topological polar surface area (TPSA) is 41.6 Å². The van der Waals surface area contributed by atoms with Gasteiger partial charge in [-0.3, -0.25) is 9.69 Å². The molecule has 0 radical (unpaired) electrons. The molecule has 28 heavy (non-hydrogen) atoms. The number of anilines is 1. The van der Waals surface area contributed by atoms with Crippen LogP contribution in [-0.2, 0) is 15.7 Å². The third-order valence-electron chi connectivity index (χ3n) is 4.32. The number of benzene rings is 2. The van der Waals surface area contributed by atoms with Crippen molar-refractivity contribution in [2.75, 3.05) is 31.6 Å². The van der Waals surface area contributed by atoms with Gasteiger partial charge in [0, 0.05) is 22.6 Å². The number of rotatable bonds is 4. The first-order chi connectivity index (χ1) is 13.2. The molecule has 1 saturated heterocycles. The van der Waals surface area contributed by atoms with Crippen molar-refractivity contribution in [1.82, 2.24) is 4.90 Å². The Morgan fingerprint density at radius 2 is 1.96 bits per heavy atom. The number of hydrogen-bond acceptors (Lipinski definition) is 3. The van der Waals surface area contributed by atoms with Crippen LogP contribution < -0.4 is 5.32 Å². The first kappa shape index (κ1) is 21.1. The minimum absolute atomic E-state index is 0.0314. The molecule has 0 bridgehead atoms. The highest BCUT2D eigenvalue weighted by molar-refractivity contribution is 9.10. The zero-order valence-electron chi connectivity index (χ0n) is 14.6. The third kappa shape index (κ3) is 5.47. The summed E-state index contributed by atoms with van der Waals surface area (Å²) < 4.78 is 46.2. The number of hydrogen-bond donors (Lipinski definition) is 1. The molecule has 150 valence electrons. The summed E-state index contributed by atoms with van der Waals surface area (Å²) in [5.41, 5.74) is -0.298. The molecular weight excluding hydrogens is 461 g/mol. The fourth-order valence-corrected chi connectivity index (χ4v) is 3.41. The molecule has 2 aromatic carbocycles. The number of halogens is 5. The number of carbonyl (C=O) groups is 1. The molecule has 1 aliphatic rings. The quantitative estimate of drug-likeness (QED) is 0.664. The Morgan fingerprint density at radius 1 is 1.25 bits per heavy atom. The summed E-state index contributed by atoms with van der Waals surface area (Å²) in [6.07, 6.45) is -4.81. The summed E-state index contributed by atoms with van der Waals surface area (Å²) >= 11 is 9.04. The molecule has 9 heteroatoms. The highest BCUT2D eigenvalue weighted by atomic mass is 79.9. The van der Waals surface area contributed by atoms with E-state index in [1.54, 1.807) is 0 Å². The zero-order valence-corrected chi connectivity index (χ0v) is 16.9. The molecule has 1 atom stereocenters. The lowest BCUT2D eigenvalue weighted by Gasteiger charge is -2.32. The summed E-state index contributed by atoms with van der Waals surface area (Å²) in [7, 11) is 0. The minimum atomic E-state index is -4.61. The van der Waals surface area contributed by atoms with Crippen molar-refractivity contribution >= 4 is 39.1 Å². The predicted molar refractivity (Wildman–Crippen MR) is 104 cm³/mol. The summed E-state index contributed by atoms with van der Waals surface area (Å²) in [6.45, 7) is 1.40. The second-order valence-electron chi connectivity index (χ2n) is 6.38. The second kappa shape index (κ2) is 8.82. The van der Waals surface area contributed by atoms with Gasteiger partial charge in [0.15, 0.2) is 0 Å². The molecule has 0 aliphatic carbocycles. The lowest BCUT2D eigenvalue weighted by Crippen LogP contribution is -2.42. The molecule has 1 aliphatic heterocycles. The zero-order chi connectivity index (χ0) is 20.3. The predicted octanol–water partition coefficient (Wildman–Crippen LogP) is 5.13. The monoisotopic (exact) mass is 476 g/mol. The van der Waals surface area contributed by atoms with Crippen LogP contribution in [0.4, 0.5) is 18.9 Å². The summed E-state index contributed by atoms with van der Waals surface area (Å²) in [5, 5.41) is 2.30. The van der Waals surface area contributed by atoms with E-state index in [9.17, 15) is 18.0 Å². The van der Waals surface area contributed by atoms with E-state index in [1.807, 2.05) is 29.2 Å². The minimum Gasteiger partial charge on any atom is -0.371 e. The molecular formula is C19H17BrClF3N2O2. The molecule has 1 fully saturated rings. The maximum absolute atomic E-state index is 13.2. The van der Waals surface area contributed by atoms with E-state index in [4.69, 9.17) is 16.3 Å². The van der Waals surface area contributed by atoms with Crippen molar-refractivity contribution in [2.45, 2.75) is 12.3 Å². The molecule has 4 nitrogen and oxygen atoms in total. The van der Waals surface area contributed by atoms with E-state index >= 15 is 0 Å². The van der Waals surface area contributed by atoms with Crippen LogP contribution in [0.3, 0.4) is 0 Å². The Balaban J connectivity index is 1.64. The fraction of sp³-hybridized carbons (Fsp3) is 0.316. The van der Waals surface area contributed by atoms with Gasteiger partial charge >= 0.3 is 6.18 Å². The maximum Gasteiger partial charge on any atom is 0.418 e.